The fourth-order valence-corrected chi connectivity index (χ4v) is 5.09. The van der Waals surface area contributed by atoms with Gasteiger partial charge >= 0.3 is 5.97 Å². The molecule has 1 aliphatic rings. The normalized spacial score (nSPS) is 15.1. The average molecular weight is 551 g/mol. The molecule has 0 spiro atoms. The molecule has 4 aromatic rings. The number of thiazole rings is 1. The summed E-state index contributed by atoms with van der Waals surface area (Å²) in [7, 11) is 3.14. The molecule has 0 radical (unpaired) electrons. The minimum absolute atomic E-state index is 0.232. The minimum Gasteiger partial charge on any atom is -0.507 e. The van der Waals surface area contributed by atoms with Gasteiger partial charge in [0.25, 0.3) is 0 Å². The lowest BCUT2D eigenvalue weighted by molar-refractivity contribution is -0.120. The second kappa shape index (κ2) is 11.0. The van der Waals surface area contributed by atoms with Crippen molar-refractivity contribution in [2.24, 2.45) is 5.92 Å². The number of nitrogens with zero attached hydrogens (tertiary/aromatic N) is 4. The number of phenols is 1. The lowest BCUT2D eigenvalue weighted by Gasteiger charge is -2.32. The van der Waals surface area contributed by atoms with Gasteiger partial charge in [-0.15, -0.1) is 11.3 Å². The van der Waals surface area contributed by atoms with E-state index >= 15 is 0 Å². The number of carbonyl (C=O) groups is 2. The summed E-state index contributed by atoms with van der Waals surface area (Å²) in [5.41, 5.74) is 3.17. The number of fused-ring (bicyclic) bond motifs is 1. The highest BCUT2D eigenvalue weighted by molar-refractivity contribution is 7.16. The van der Waals surface area contributed by atoms with Crippen LogP contribution in [0.3, 0.4) is 0 Å². The highest BCUT2D eigenvalue weighted by Crippen LogP contribution is 2.34. The largest absolute Gasteiger partial charge is 0.507 e. The molecule has 1 unspecified atom stereocenters. The summed E-state index contributed by atoms with van der Waals surface area (Å²) in [6, 6.07) is 9.39. The van der Waals surface area contributed by atoms with Crippen molar-refractivity contribution >= 4 is 56.7 Å². The van der Waals surface area contributed by atoms with Gasteiger partial charge in [0.05, 0.1) is 25.6 Å². The van der Waals surface area contributed by atoms with Crippen LogP contribution in [0.5, 0.6) is 17.2 Å². The first-order valence-electron chi connectivity index (χ1n) is 12.1. The summed E-state index contributed by atoms with van der Waals surface area (Å²) in [5, 5.41) is 25.1. The van der Waals surface area contributed by atoms with E-state index in [0.29, 0.717) is 58.8 Å². The van der Waals surface area contributed by atoms with Crippen LogP contribution in [0.1, 0.15) is 23.2 Å². The summed E-state index contributed by atoms with van der Waals surface area (Å²) in [6.07, 6.45) is 1.42. The zero-order valence-electron chi connectivity index (χ0n) is 21.2. The van der Waals surface area contributed by atoms with Gasteiger partial charge < -0.3 is 35.2 Å². The Hall–Kier alpha value is -4.65. The summed E-state index contributed by atoms with van der Waals surface area (Å²) in [6.45, 7) is 1.07. The Morgan fingerprint density at radius 3 is 2.62 bits per heavy atom. The van der Waals surface area contributed by atoms with E-state index in [1.54, 1.807) is 31.9 Å². The fourth-order valence-electron chi connectivity index (χ4n) is 4.44. The van der Waals surface area contributed by atoms with Gasteiger partial charge in [0.15, 0.2) is 22.1 Å². The molecule has 202 valence electrons. The molecular formula is C26H26N6O6S. The summed E-state index contributed by atoms with van der Waals surface area (Å²) < 4.78 is 10.7. The Morgan fingerprint density at radius 1 is 1.08 bits per heavy atom. The predicted octanol–water partition coefficient (Wildman–Crippen LogP) is 4.11. The van der Waals surface area contributed by atoms with E-state index in [0.717, 1.165) is 12.1 Å². The number of piperidine rings is 1. The van der Waals surface area contributed by atoms with Crippen molar-refractivity contribution in [3.8, 4) is 17.2 Å². The first-order valence-corrected chi connectivity index (χ1v) is 13.0. The van der Waals surface area contributed by atoms with Crippen LogP contribution in [0.15, 0.2) is 41.9 Å². The summed E-state index contributed by atoms with van der Waals surface area (Å²) in [4.78, 5) is 40.8. The molecule has 1 saturated heterocycles. The lowest BCUT2D eigenvalue weighted by atomic mass is 9.97. The number of anilines is 4. The highest BCUT2D eigenvalue weighted by atomic mass is 32.1. The summed E-state index contributed by atoms with van der Waals surface area (Å²) in [5.74, 6) is -0.0527. The van der Waals surface area contributed by atoms with Gasteiger partial charge in [-0.05, 0) is 37.1 Å². The molecule has 1 atom stereocenters. The number of amides is 1. The van der Waals surface area contributed by atoms with E-state index in [-0.39, 0.29) is 17.4 Å². The number of aromatic hydroxyl groups is 1. The molecule has 1 aliphatic heterocycles. The zero-order chi connectivity index (χ0) is 27.5. The Kier molecular flexibility index (Phi) is 7.32. The lowest BCUT2D eigenvalue weighted by Crippen LogP contribution is -2.41. The van der Waals surface area contributed by atoms with Crippen molar-refractivity contribution in [3.05, 3.63) is 47.5 Å². The molecule has 12 nitrogen and oxygen atoms in total. The number of nitrogens with one attached hydrogen (secondary N) is 2. The zero-order valence-corrected chi connectivity index (χ0v) is 22.0. The number of benzene rings is 2. The molecule has 13 heteroatoms. The van der Waals surface area contributed by atoms with Crippen LogP contribution in [0.25, 0.3) is 10.3 Å². The van der Waals surface area contributed by atoms with E-state index in [4.69, 9.17) is 24.5 Å². The molecule has 0 aliphatic carbocycles. The summed E-state index contributed by atoms with van der Waals surface area (Å²) >= 11 is 1.40. The van der Waals surface area contributed by atoms with Crippen molar-refractivity contribution < 1.29 is 29.3 Å². The van der Waals surface area contributed by atoms with Gasteiger partial charge in [0.1, 0.15) is 16.8 Å². The maximum Gasteiger partial charge on any atom is 0.339 e. The van der Waals surface area contributed by atoms with E-state index < -0.39 is 11.7 Å². The van der Waals surface area contributed by atoms with Crippen LogP contribution in [-0.4, -0.2) is 64.4 Å². The SMILES string of the molecule is COc1ccc(Nc2nc(N3CCCC(C(=O)Nc4ccc(C(=O)O)c(O)c4)C3)nc3scnc23)cc1OC. The number of ether oxygens (including phenoxy) is 2. The molecule has 5 rings (SSSR count). The first kappa shape index (κ1) is 26.0. The number of rotatable bonds is 8. The molecule has 1 amide bonds. The number of aromatic carboxylic acids is 1. The molecule has 3 heterocycles. The van der Waals surface area contributed by atoms with Crippen LogP contribution < -0.4 is 25.0 Å². The Morgan fingerprint density at radius 2 is 1.87 bits per heavy atom. The molecule has 4 N–H and O–H groups in total. The van der Waals surface area contributed by atoms with Crippen molar-refractivity contribution in [1.29, 1.82) is 0 Å². The third-order valence-corrected chi connectivity index (χ3v) is 7.12. The van der Waals surface area contributed by atoms with E-state index in [1.165, 1.54) is 29.5 Å². The minimum atomic E-state index is -1.24. The van der Waals surface area contributed by atoms with Crippen LogP contribution in [0, 0.1) is 5.92 Å². The first-order chi connectivity index (χ1) is 18.9. The van der Waals surface area contributed by atoms with Gasteiger partial charge in [0, 0.05) is 36.6 Å². The van der Waals surface area contributed by atoms with Crippen molar-refractivity contribution in [2.45, 2.75) is 12.8 Å². The van der Waals surface area contributed by atoms with E-state index in [2.05, 4.69) is 15.6 Å². The Labute approximate surface area is 227 Å². The molecule has 1 fully saturated rings. The number of carboxylic acids is 1. The molecule has 0 saturated carbocycles. The number of carbonyl (C=O) groups excluding carboxylic acids is 1. The number of methoxy groups -OCH3 is 2. The van der Waals surface area contributed by atoms with Crippen molar-refractivity contribution in [1.82, 2.24) is 15.0 Å². The van der Waals surface area contributed by atoms with Gasteiger partial charge in [-0.1, -0.05) is 0 Å². The van der Waals surface area contributed by atoms with Crippen LogP contribution in [0.4, 0.5) is 23.1 Å². The maximum absolute atomic E-state index is 13.0. The van der Waals surface area contributed by atoms with Crippen LogP contribution in [-0.2, 0) is 4.79 Å². The Balaban J connectivity index is 1.35. The van der Waals surface area contributed by atoms with Gasteiger partial charge in [-0.3, -0.25) is 4.79 Å². The van der Waals surface area contributed by atoms with Gasteiger partial charge in [-0.2, -0.15) is 9.97 Å². The second-order valence-corrected chi connectivity index (χ2v) is 9.72. The number of carboxylic acid groups (broad SMARTS) is 1. The quantitative estimate of drug-likeness (QED) is 0.250. The third kappa shape index (κ3) is 5.48. The molecule has 2 aromatic heterocycles. The molecule has 0 bridgehead atoms. The van der Waals surface area contributed by atoms with Gasteiger partial charge in [-0.25, -0.2) is 9.78 Å². The Bertz CT molecular complexity index is 1540. The van der Waals surface area contributed by atoms with E-state index in [1.807, 2.05) is 11.0 Å². The number of aromatic nitrogens is 3. The molecule has 39 heavy (non-hydrogen) atoms. The fraction of sp³-hybridized carbons (Fsp3) is 0.269. The topological polar surface area (TPSA) is 159 Å². The van der Waals surface area contributed by atoms with Crippen LogP contribution >= 0.6 is 11.3 Å². The molecule has 2 aromatic carbocycles. The van der Waals surface area contributed by atoms with Crippen molar-refractivity contribution in [3.63, 3.8) is 0 Å². The van der Waals surface area contributed by atoms with E-state index in [9.17, 15) is 14.7 Å². The van der Waals surface area contributed by atoms with Gasteiger partial charge in [0.2, 0.25) is 11.9 Å². The third-order valence-electron chi connectivity index (χ3n) is 6.40. The monoisotopic (exact) mass is 550 g/mol. The standard InChI is InChI=1S/C26H26N6O6S/c1-37-19-8-6-16(11-20(19)38-2)28-22-21-24(39-13-27-21)31-26(30-22)32-9-3-4-14(12-32)23(34)29-15-5-7-17(25(35)36)18(33)10-15/h5-8,10-11,13-14,33H,3-4,9,12H2,1-2H3,(H,29,34)(H,35,36)(H,28,30,31). The van der Waals surface area contributed by atoms with Crippen LogP contribution in [0.2, 0.25) is 0 Å². The predicted molar refractivity (Wildman–Crippen MR) is 147 cm³/mol. The average Bonchev–Trinajstić information content (AvgIpc) is 3.42. The van der Waals surface area contributed by atoms with Crippen molar-refractivity contribution in [2.75, 3.05) is 42.8 Å². The second-order valence-electron chi connectivity index (χ2n) is 8.88. The highest BCUT2D eigenvalue weighted by Gasteiger charge is 2.28. The molecular weight excluding hydrogens is 524 g/mol. The number of hydrogen-bond donors (Lipinski definition) is 4. The number of hydrogen-bond acceptors (Lipinski definition) is 11. The maximum atomic E-state index is 13.0. The smallest absolute Gasteiger partial charge is 0.339 e.